The van der Waals surface area contributed by atoms with Crippen molar-refractivity contribution >= 4 is 29.3 Å². The van der Waals surface area contributed by atoms with Crippen LogP contribution < -0.4 is 5.32 Å². The van der Waals surface area contributed by atoms with Crippen molar-refractivity contribution in [3.05, 3.63) is 69.7 Å². The van der Waals surface area contributed by atoms with Crippen LogP contribution in [0.15, 0.2) is 48.5 Å². The Hall–Kier alpha value is -1.79. The Morgan fingerprint density at radius 3 is 2.17 bits per heavy atom. The van der Waals surface area contributed by atoms with Gasteiger partial charge in [0.05, 0.1) is 12.1 Å². The first-order valence-corrected chi connectivity index (χ1v) is 10.2. The van der Waals surface area contributed by atoms with Gasteiger partial charge in [-0.05, 0) is 56.5 Å². The van der Waals surface area contributed by atoms with Gasteiger partial charge in [0.15, 0.2) is 0 Å². The number of nitrogens with one attached hydrogen (secondary N) is 1. The van der Waals surface area contributed by atoms with Crippen molar-refractivity contribution in [2.75, 3.05) is 6.54 Å². The van der Waals surface area contributed by atoms with Crippen LogP contribution in [0.5, 0.6) is 0 Å². The van der Waals surface area contributed by atoms with Gasteiger partial charge in [-0.3, -0.25) is 4.90 Å². The summed E-state index contributed by atoms with van der Waals surface area (Å²) in [4.78, 5) is 13.4. The molecule has 0 aromatic heterocycles. The number of carboxylic acid groups (broad SMARTS) is 1. The van der Waals surface area contributed by atoms with Gasteiger partial charge in [-0.2, -0.15) is 0 Å². The lowest BCUT2D eigenvalue weighted by Crippen LogP contribution is -2.58. The van der Waals surface area contributed by atoms with Gasteiger partial charge in [-0.25, -0.2) is 4.79 Å². The zero-order chi connectivity index (χ0) is 21.6. The molecule has 0 radical (unpaired) electrons. The molecule has 0 unspecified atom stereocenters. The third kappa shape index (κ3) is 7.19. The maximum atomic E-state index is 12.0. The molecule has 158 valence electrons. The lowest BCUT2D eigenvalue weighted by Gasteiger charge is -2.42. The molecule has 0 saturated heterocycles. The third-order valence-electron chi connectivity index (χ3n) is 4.60. The number of aliphatic hydroxyl groups is 1. The average molecular weight is 439 g/mol. The molecular formula is C22H28Cl2N2O3. The average Bonchev–Trinajstić information content (AvgIpc) is 2.59. The quantitative estimate of drug-likeness (QED) is 0.551. The normalized spacial score (nSPS) is 13.7. The summed E-state index contributed by atoms with van der Waals surface area (Å²) in [5, 5.41) is 25.0. The first-order chi connectivity index (χ1) is 13.6. The van der Waals surface area contributed by atoms with Crippen LogP contribution in [0.2, 0.25) is 10.0 Å². The molecule has 0 aliphatic heterocycles. The first-order valence-electron chi connectivity index (χ1n) is 9.48. The van der Waals surface area contributed by atoms with Crippen LogP contribution in [0.3, 0.4) is 0 Å². The van der Waals surface area contributed by atoms with Crippen LogP contribution in [0.4, 0.5) is 4.79 Å². The number of hydrogen-bond acceptors (Lipinski definition) is 3. The fraction of sp³-hybridized carbons (Fsp3) is 0.409. The number of amides is 1. The molecule has 2 aromatic rings. The van der Waals surface area contributed by atoms with Crippen molar-refractivity contribution in [1.29, 1.82) is 0 Å². The summed E-state index contributed by atoms with van der Waals surface area (Å²) in [5.74, 6) is 0. The highest BCUT2D eigenvalue weighted by Gasteiger charge is 2.37. The van der Waals surface area contributed by atoms with Gasteiger partial charge in [-0.15, -0.1) is 0 Å². The SMILES string of the molecule is CC(C)(C)N(C(=O)O)[C@@H](Cc1ccccc1)[C@H](O)CNCc1cc(Cl)cc(Cl)c1. The molecule has 1 amide bonds. The predicted molar refractivity (Wildman–Crippen MR) is 118 cm³/mol. The van der Waals surface area contributed by atoms with E-state index in [1.807, 2.05) is 51.1 Å². The van der Waals surface area contributed by atoms with E-state index in [0.29, 0.717) is 23.0 Å². The highest BCUT2D eigenvalue weighted by molar-refractivity contribution is 6.34. The smallest absolute Gasteiger partial charge is 0.408 e. The molecular weight excluding hydrogens is 411 g/mol. The summed E-state index contributed by atoms with van der Waals surface area (Å²) in [6.45, 7) is 6.16. The lowest BCUT2D eigenvalue weighted by molar-refractivity contribution is 0.00770. The van der Waals surface area contributed by atoms with Gasteiger partial charge in [0.25, 0.3) is 0 Å². The minimum absolute atomic E-state index is 0.224. The molecule has 0 aliphatic rings. The highest BCUT2D eigenvalue weighted by atomic mass is 35.5. The maximum absolute atomic E-state index is 12.0. The summed E-state index contributed by atoms with van der Waals surface area (Å²) in [5.41, 5.74) is 1.20. The Balaban J connectivity index is 2.14. The van der Waals surface area contributed by atoms with Crippen LogP contribution in [0.1, 0.15) is 31.9 Å². The van der Waals surface area contributed by atoms with E-state index >= 15 is 0 Å². The van der Waals surface area contributed by atoms with Crippen molar-refractivity contribution in [1.82, 2.24) is 10.2 Å². The highest BCUT2D eigenvalue weighted by Crippen LogP contribution is 2.23. The van der Waals surface area contributed by atoms with Crippen LogP contribution in [0.25, 0.3) is 0 Å². The molecule has 0 spiro atoms. The molecule has 29 heavy (non-hydrogen) atoms. The van der Waals surface area contributed by atoms with Crippen molar-refractivity contribution in [2.45, 2.75) is 51.4 Å². The van der Waals surface area contributed by atoms with Crippen LogP contribution in [0, 0.1) is 0 Å². The molecule has 0 saturated carbocycles. The second-order valence-electron chi connectivity index (χ2n) is 8.06. The standard InChI is InChI=1S/C22H28Cl2N2O3/c1-22(2,3)26(21(28)29)19(11-15-7-5-4-6-8-15)20(27)14-25-13-16-9-17(23)12-18(24)10-16/h4-10,12,19-20,25,27H,11,13-14H2,1-3H3,(H,28,29)/t19-,20+/m0/s1. The largest absolute Gasteiger partial charge is 0.465 e. The van der Waals surface area contributed by atoms with E-state index in [2.05, 4.69) is 5.32 Å². The molecule has 0 aliphatic carbocycles. The Kier molecular flexibility index (Phi) is 8.34. The van der Waals surface area contributed by atoms with Gasteiger partial charge in [-0.1, -0.05) is 53.5 Å². The van der Waals surface area contributed by atoms with E-state index in [0.717, 1.165) is 11.1 Å². The monoisotopic (exact) mass is 438 g/mol. The number of benzene rings is 2. The Labute approximate surface area is 182 Å². The molecule has 0 heterocycles. The Bertz CT molecular complexity index is 789. The molecule has 7 heteroatoms. The van der Waals surface area contributed by atoms with Crippen molar-refractivity contribution in [3.8, 4) is 0 Å². The zero-order valence-corrected chi connectivity index (χ0v) is 18.4. The van der Waals surface area contributed by atoms with Crippen LogP contribution in [-0.2, 0) is 13.0 Å². The van der Waals surface area contributed by atoms with Crippen molar-refractivity contribution in [3.63, 3.8) is 0 Å². The minimum Gasteiger partial charge on any atom is -0.465 e. The fourth-order valence-electron chi connectivity index (χ4n) is 3.39. The Morgan fingerprint density at radius 1 is 1.07 bits per heavy atom. The number of aliphatic hydroxyl groups excluding tert-OH is 1. The third-order valence-corrected chi connectivity index (χ3v) is 5.03. The fourth-order valence-corrected chi connectivity index (χ4v) is 3.97. The van der Waals surface area contributed by atoms with Gasteiger partial charge in [0, 0.05) is 28.7 Å². The Morgan fingerprint density at radius 2 is 1.66 bits per heavy atom. The first kappa shape index (κ1) is 23.5. The van der Waals surface area contributed by atoms with E-state index in [-0.39, 0.29) is 6.54 Å². The number of carbonyl (C=O) groups is 1. The maximum Gasteiger partial charge on any atom is 0.408 e. The number of hydrogen-bond donors (Lipinski definition) is 3. The second-order valence-corrected chi connectivity index (χ2v) is 8.93. The molecule has 3 N–H and O–H groups in total. The van der Waals surface area contributed by atoms with Gasteiger partial charge in [0.2, 0.25) is 0 Å². The molecule has 0 bridgehead atoms. The number of rotatable bonds is 8. The summed E-state index contributed by atoms with van der Waals surface area (Å²) in [7, 11) is 0. The van der Waals surface area contributed by atoms with Gasteiger partial charge < -0.3 is 15.5 Å². The van der Waals surface area contributed by atoms with Gasteiger partial charge in [0.1, 0.15) is 0 Å². The summed E-state index contributed by atoms with van der Waals surface area (Å²) in [6.07, 6.45) is -1.55. The second kappa shape index (κ2) is 10.3. The molecule has 0 fully saturated rings. The van der Waals surface area contributed by atoms with E-state index in [1.54, 1.807) is 18.2 Å². The molecule has 2 rings (SSSR count). The summed E-state index contributed by atoms with van der Waals surface area (Å²) >= 11 is 12.1. The van der Waals surface area contributed by atoms with E-state index in [1.165, 1.54) is 4.90 Å². The van der Waals surface area contributed by atoms with Crippen molar-refractivity contribution in [2.24, 2.45) is 0 Å². The minimum atomic E-state index is -1.06. The number of nitrogens with zero attached hydrogens (tertiary/aromatic N) is 1. The van der Waals surface area contributed by atoms with E-state index in [9.17, 15) is 15.0 Å². The van der Waals surface area contributed by atoms with Crippen LogP contribution >= 0.6 is 23.2 Å². The van der Waals surface area contributed by atoms with Gasteiger partial charge >= 0.3 is 6.09 Å². The van der Waals surface area contributed by atoms with Crippen LogP contribution in [-0.4, -0.2) is 45.4 Å². The zero-order valence-electron chi connectivity index (χ0n) is 16.9. The predicted octanol–water partition coefficient (Wildman–Crippen LogP) is 4.83. The summed E-state index contributed by atoms with van der Waals surface area (Å²) in [6, 6.07) is 14.2. The molecule has 2 atom stereocenters. The lowest BCUT2D eigenvalue weighted by atomic mass is 9.94. The van der Waals surface area contributed by atoms with E-state index in [4.69, 9.17) is 23.2 Å². The van der Waals surface area contributed by atoms with Crippen molar-refractivity contribution < 1.29 is 15.0 Å². The number of halogens is 2. The molecule has 5 nitrogen and oxygen atoms in total. The topological polar surface area (TPSA) is 72.8 Å². The molecule has 2 aromatic carbocycles. The van der Waals surface area contributed by atoms with E-state index < -0.39 is 23.8 Å². The summed E-state index contributed by atoms with van der Waals surface area (Å²) < 4.78 is 0.